The zero-order valence-corrected chi connectivity index (χ0v) is 12.7. The van der Waals surface area contributed by atoms with Crippen LogP contribution in [-0.4, -0.2) is 26.3 Å². The maximum absolute atomic E-state index is 11.8. The predicted octanol–water partition coefficient (Wildman–Crippen LogP) is 2.20. The molecule has 0 radical (unpaired) electrons. The highest BCUT2D eigenvalue weighted by molar-refractivity contribution is 6.17. The molecule has 108 valence electrons. The van der Waals surface area contributed by atoms with Crippen molar-refractivity contribution >= 4 is 28.7 Å². The van der Waals surface area contributed by atoms with Crippen molar-refractivity contribution in [2.75, 3.05) is 5.88 Å². The highest BCUT2D eigenvalue weighted by Crippen LogP contribution is 2.26. The molecule has 2 heterocycles. The fourth-order valence-electron chi connectivity index (χ4n) is 2.46. The Morgan fingerprint density at radius 3 is 2.75 bits per heavy atom. The highest BCUT2D eigenvalue weighted by Gasteiger charge is 2.27. The van der Waals surface area contributed by atoms with Crippen LogP contribution in [0.15, 0.2) is 12.3 Å². The number of rotatable bonds is 5. The van der Waals surface area contributed by atoms with Crippen LogP contribution < -0.4 is 5.73 Å². The van der Waals surface area contributed by atoms with Gasteiger partial charge in [0.25, 0.3) is 0 Å². The summed E-state index contributed by atoms with van der Waals surface area (Å²) in [5.74, 6) is 0.875. The van der Waals surface area contributed by atoms with Gasteiger partial charge in [0.15, 0.2) is 5.65 Å². The van der Waals surface area contributed by atoms with E-state index in [2.05, 4.69) is 9.97 Å². The molecular weight excluding hydrogens is 276 g/mol. The van der Waals surface area contributed by atoms with E-state index >= 15 is 0 Å². The second-order valence-electron chi connectivity index (χ2n) is 5.23. The maximum Gasteiger partial charge on any atom is 0.240 e. The van der Waals surface area contributed by atoms with E-state index in [1.807, 2.05) is 31.4 Å². The van der Waals surface area contributed by atoms with Gasteiger partial charge in [-0.3, -0.25) is 9.36 Å². The molecule has 0 aromatic carbocycles. The monoisotopic (exact) mass is 294 g/mol. The number of fused-ring (bicyclic) bond motifs is 1. The summed E-state index contributed by atoms with van der Waals surface area (Å²) in [5.41, 5.74) is 8.10. The third-order valence-electron chi connectivity index (χ3n) is 3.37. The normalized spacial score (nSPS) is 13.1. The topological polar surface area (TPSA) is 73.8 Å². The SMILES string of the molecule is Cc1ccnc2c1nc(CCCl)n2C(C(N)=O)C(C)C. The van der Waals surface area contributed by atoms with E-state index in [1.54, 1.807) is 6.20 Å². The van der Waals surface area contributed by atoms with Crippen molar-refractivity contribution in [2.24, 2.45) is 11.7 Å². The number of pyridine rings is 1. The second-order valence-corrected chi connectivity index (χ2v) is 5.61. The molecule has 20 heavy (non-hydrogen) atoms. The maximum atomic E-state index is 11.8. The van der Waals surface area contributed by atoms with E-state index in [9.17, 15) is 4.79 Å². The Morgan fingerprint density at radius 1 is 1.50 bits per heavy atom. The van der Waals surface area contributed by atoms with E-state index in [0.29, 0.717) is 17.9 Å². The summed E-state index contributed by atoms with van der Waals surface area (Å²) >= 11 is 5.85. The van der Waals surface area contributed by atoms with Gasteiger partial charge in [-0.15, -0.1) is 11.6 Å². The number of carbonyl (C=O) groups excluding carboxylic acids is 1. The van der Waals surface area contributed by atoms with E-state index in [1.165, 1.54) is 0 Å². The molecule has 0 spiro atoms. The average molecular weight is 295 g/mol. The van der Waals surface area contributed by atoms with Gasteiger partial charge in [0.1, 0.15) is 17.4 Å². The van der Waals surface area contributed by atoms with Crippen molar-refractivity contribution < 1.29 is 4.79 Å². The number of imidazole rings is 1. The molecule has 2 aromatic rings. The molecule has 0 fully saturated rings. The van der Waals surface area contributed by atoms with Crippen molar-refractivity contribution in [2.45, 2.75) is 33.2 Å². The minimum atomic E-state index is -0.465. The molecule has 2 rings (SSSR count). The molecule has 1 atom stereocenters. The van der Waals surface area contributed by atoms with Crippen LogP contribution in [0.5, 0.6) is 0 Å². The standard InChI is InChI=1S/C14H19ClN4O/c1-8(2)12(13(16)20)19-10(4-6-15)18-11-9(3)5-7-17-14(11)19/h5,7-8,12H,4,6H2,1-3H3,(H2,16,20). The van der Waals surface area contributed by atoms with Crippen LogP contribution >= 0.6 is 11.6 Å². The van der Waals surface area contributed by atoms with Gasteiger partial charge >= 0.3 is 0 Å². The lowest BCUT2D eigenvalue weighted by Gasteiger charge is -2.21. The summed E-state index contributed by atoms with van der Waals surface area (Å²) in [6.45, 7) is 5.89. The van der Waals surface area contributed by atoms with Crippen molar-refractivity contribution in [3.05, 3.63) is 23.7 Å². The molecule has 5 nitrogen and oxygen atoms in total. The van der Waals surface area contributed by atoms with Crippen LogP contribution in [-0.2, 0) is 11.2 Å². The van der Waals surface area contributed by atoms with Crippen molar-refractivity contribution in [3.8, 4) is 0 Å². The van der Waals surface area contributed by atoms with Crippen molar-refractivity contribution in [3.63, 3.8) is 0 Å². The lowest BCUT2D eigenvalue weighted by atomic mass is 10.0. The Bertz CT molecular complexity index is 635. The number of halogens is 1. The molecule has 0 aliphatic rings. The highest BCUT2D eigenvalue weighted by atomic mass is 35.5. The fourth-order valence-corrected chi connectivity index (χ4v) is 2.63. The molecule has 0 aliphatic carbocycles. The Morgan fingerprint density at radius 2 is 2.20 bits per heavy atom. The number of amides is 1. The second kappa shape index (κ2) is 5.79. The number of primary amides is 1. The zero-order valence-electron chi connectivity index (χ0n) is 11.9. The van der Waals surface area contributed by atoms with Gasteiger partial charge < -0.3 is 5.73 Å². The summed E-state index contributed by atoms with van der Waals surface area (Å²) in [7, 11) is 0. The Kier molecular flexibility index (Phi) is 4.28. The van der Waals surface area contributed by atoms with E-state index in [0.717, 1.165) is 16.9 Å². The van der Waals surface area contributed by atoms with Crippen LogP contribution in [0, 0.1) is 12.8 Å². The largest absolute Gasteiger partial charge is 0.368 e. The van der Waals surface area contributed by atoms with Crippen LogP contribution in [0.25, 0.3) is 11.2 Å². The van der Waals surface area contributed by atoms with E-state index in [4.69, 9.17) is 17.3 Å². The predicted molar refractivity (Wildman–Crippen MR) is 79.8 cm³/mol. The number of hydrogen-bond donors (Lipinski definition) is 1. The Hall–Kier alpha value is -1.62. The first-order chi connectivity index (χ1) is 9.47. The molecule has 0 bridgehead atoms. The molecule has 2 N–H and O–H groups in total. The van der Waals surface area contributed by atoms with Gasteiger partial charge in [0.2, 0.25) is 5.91 Å². The van der Waals surface area contributed by atoms with Gasteiger partial charge in [-0.25, -0.2) is 9.97 Å². The molecule has 0 saturated heterocycles. The molecule has 1 amide bonds. The van der Waals surface area contributed by atoms with Crippen LogP contribution in [0.2, 0.25) is 0 Å². The molecule has 0 saturated carbocycles. The minimum Gasteiger partial charge on any atom is -0.368 e. The average Bonchev–Trinajstić information content (AvgIpc) is 2.70. The quantitative estimate of drug-likeness (QED) is 0.859. The van der Waals surface area contributed by atoms with Gasteiger partial charge in [-0.05, 0) is 24.5 Å². The lowest BCUT2D eigenvalue weighted by Crippen LogP contribution is -2.31. The van der Waals surface area contributed by atoms with Crippen LogP contribution in [0.3, 0.4) is 0 Å². The number of aryl methyl sites for hydroxylation is 2. The van der Waals surface area contributed by atoms with Crippen LogP contribution in [0.1, 0.15) is 31.3 Å². The molecule has 6 heteroatoms. The van der Waals surface area contributed by atoms with Gasteiger partial charge in [0, 0.05) is 18.5 Å². The number of hydrogen-bond acceptors (Lipinski definition) is 3. The fraction of sp³-hybridized carbons (Fsp3) is 0.500. The van der Waals surface area contributed by atoms with Gasteiger partial charge in [-0.2, -0.15) is 0 Å². The number of nitrogens with two attached hydrogens (primary N) is 1. The van der Waals surface area contributed by atoms with Crippen LogP contribution in [0.4, 0.5) is 0 Å². The molecule has 1 unspecified atom stereocenters. The number of carbonyl (C=O) groups is 1. The summed E-state index contributed by atoms with van der Waals surface area (Å²) in [6.07, 6.45) is 2.30. The zero-order chi connectivity index (χ0) is 14.9. The first-order valence-electron chi connectivity index (χ1n) is 6.65. The Labute approximate surface area is 123 Å². The molecule has 2 aromatic heterocycles. The number of aromatic nitrogens is 3. The lowest BCUT2D eigenvalue weighted by molar-refractivity contribution is -0.122. The first-order valence-corrected chi connectivity index (χ1v) is 7.18. The third kappa shape index (κ3) is 2.50. The smallest absolute Gasteiger partial charge is 0.240 e. The summed E-state index contributed by atoms with van der Waals surface area (Å²) in [6, 6.07) is 1.44. The molecular formula is C14H19ClN4O. The third-order valence-corrected chi connectivity index (χ3v) is 3.56. The minimum absolute atomic E-state index is 0.0567. The first kappa shape index (κ1) is 14.8. The summed E-state index contributed by atoms with van der Waals surface area (Å²) in [5, 5.41) is 0. The number of alkyl halides is 1. The molecule has 0 aliphatic heterocycles. The van der Waals surface area contributed by atoms with Crippen molar-refractivity contribution in [1.82, 2.24) is 14.5 Å². The van der Waals surface area contributed by atoms with Gasteiger partial charge in [-0.1, -0.05) is 13.8 Å². The van der Waals surface area contributed by atoms with E-state index in [-0.39, 0.29) is 11.8 Å². The Balaban J connectivity index is 2.73. The summed E-state index contributed by atoms with van der Waals surface area (Å²) in [4.78, 5) is 20.8. The number of nitrogens with zero attached hydrogens (tertiary/aromatic N) is 3. The van der Waals surface area contributed by atoms with E-state index < -0.39 is 6.04 Å². The van der Waals surface area contributed by atoms with Gasteiger partial charge in [0.05, 0.1) is 0 Å². The summed E-state index contributed by atoms with van der Waals surface area (Å²) < 4.78 is 1.84. The van der Waals surface area contributed by atoms with Crippen molar-refractivity contribution in [1.29, 1.82) is 0 Å².